The van der Waals surface area contributed by atoms with E-state index in [1.807, 2.05) is 59.5 Å². The molecule has 1 aliphatic heterocycles. The Morgan fingerprint density at radius 3 is 2.48 bits per heavy atom. The second-order valence-corrected chi connectivity index (χ2v) is 11.6. The highest BCUT2D eigenvalue weighted by Crippen LogP contribution is 2.60. The minimum Gasteiger partial charge on any atom is -0.497 e. The van der Waals surface area contributed by atoms with Gasteiger partial charge in [0, 0.05) is 25.2 Å². The molecule has 3 aromatic carbocycles. The number of rotatable bonds is 7. The van der Waals surface area contributed by atoms with E-state index in [-0.39, 0.29) is 30.1 Å². The molecule has 0 spiro atoms. The van der Waals surface area contributed by atoms with Gasteiger partial charge in [-0.1, -0.05) is 61.0 Å². The van der Waals surface area contributed by atoms with Crippen molar-refractivity contribution < 1.29 is 28.5 Å². The molecule has 42 heavy (non-hydrogen) atoms. The molecule has 2 aliphatic carbocycles. The second kappa shape index (κ2) is 11.4. The molecule has 3 aromatic rings. The molecule has 3 aliphatic rings. The molecule has 0 aromatic heterocycles. The van der Waals surface area contributed by atoms with E-state index in [1.165, 1.54) is 5.56 Å². The molecule has 4 atom stereocenters. The van der Waals surface area contributed by atoms with Crippen molar-refractivity contribution in [3.05, 3.63) is 95.6 Å². The van der Waals surface area contributed by atoms with Gasteiger partial charge in [-0.2, -0.15) is 0 Å². The third kappa shape index (κ3) is 4.71. The first-order valence-electron chi connectivity index (χ1n) is 14.6. The zero-order valence-electron chi connectivity index (χ0n) is 23.9. The summed E-state index contributed by atoms with van der Waals surface area (Å²) in [4.78, 5) is 30.8. The minimum absolute atomic E-state index is 0.0579. The Hall–Kier alpha value is -3.91. The molecule has 1 saturated heterocycles. The lowest BCUT2D eigenvalue weighted by molar-refractivity contribution is -0.202. The predicted octanol–water partition coefficient (Wildman–Crippen LogP) is 5.98. The standard InChI is InChI=1S/C34H35NO6S/c1-3-39-31(37)34(41-32(42)40-26-14-8-5-9-15-26)21-29-24-13-10-18-33(29,28-17-16-27(38-2)20-25(28)19-24)35(30(34)36)22-23-11-6-4-7-12-23/h4-9,11-12,14-17,20,24,29H,3,10,13,18-19,21-22H2,1-2H3/t24-,29+,33-,34-/m0/s1. The van der Waals surface area contributed by atoms with E-state index in [0.29, 0.717) is 12.3 Å². The fourth-order valence-electron chi connectivity index (χ4n) is 7.44. The van der Waals surface area contributed by atoms with Crippen molar-refractivity contribution in [2.75, 3.05) is 13.7 Å². The highest BCUT2D eigenvalue weighted by Gasteiger charge is 2.68. The fourth-order valence-corrected chi connectivity index (χ4v) is 7.68. The normalized spacial score (nSPS) is 26.0. The summed E-state index contributed by atoms with van der Waals surface area (Å²) in [7, 11) is 1.67. The largest absolute Gasteiger partial charge is 0.497 e. The average Bonchev–Trinajstić information content (AvgIpc) is 3.00. The van der Waals surface area contributed by atoms with Gasteiger partial charge in [-0.05, 0) is 79.0 Å². The van der Waals surface area contributed by atoms with Crippen LogP contribution in [0.3, 0.4) is 0 Å². The molecule has 7 nitrogen and oxygen atoms in total. The van der Waals surface area contributed by atoms with Gasteiger partial charge >= 0.3 is 11.2 Å². The van der Waals surface area contributed by atoms with Gasteiger partial charge in [-0.3, -0.25) is 4.79 Å². The number of thiocarbonyl (C=S) groups is 1. The van der Waals surface area contributed by atoms with Gasteiger partial charge in [-0.25, -0.2) is 4.79 Å². The van der Waals surface area contributed by atoms with Crippen LogP contribution in [-0.2, 0) is 37.6 Å². The van der Waals surface area contributed by atoms with Crippen LogP contribution in [0, 0.1) is 11.8 Å². The Bertz CT molecular complexity index is 1480. The third-order valence-corrected chi connectivity index (χ3v) is 9.31. The van der Waals surface area contributed by atoms with E-state index >= 15 is 0 Å². The lowest BCUT2D eigenvalue weighted by atomic mass is 9.52. The molecular formula is C34H35NO6S. The van der Waals surface area contributed by atoms with E-state index in [2.05, 4.69) is 12.1 Å². The number of piperidine rings is 1. The molecule has 8 heteroatoms. The smallest absolute Gasteiger partial charge is 0.360 e. The number of benzene rings is 3. The van der Waals surface area contributed by atoms with Crippen molar-refractivity contribution in [2.45, 2.75) is 56.7 Å². The zero-order chi connectivity index (χ0) is 29.3. The topological polar surface area (TPSA) is 74.3 Å². The maximum atomic E-state index is 15.0. The summed E-state index contributed by atoms with van der Waals surface area (Å²) in [6.07, 6.45) is 3.74. The summed E-state index contributed by atoms with van der Waals surface area (Å²) in [5.41, 5.74) is 0.689. The first-order valence-corrected chi connectivity index (χ1v) is 15.0. The molecule has 6 rings (SSSR count). The van der Waals surface area contributed by atoms with Gasteiger partial charge in [0.25, 0.3) is 11.5 Å². The summed E-state index contributed by atoms with van der Waals surface area (Å²) < 4.78 is 23.2. The number of ether oxygens (including phenoxy) is 4. The highest BCUT2D eigenvalue weighted by molar-refractivity contribution is 7.79. The van der Waals surface area contributed by atoms with Crippen molar-refractivity contribution in [3.63, 3.8) is 0 Å². The molecule has 218 valence electrons. The number of methoxy groups -OCH3 is 1. The van der Waals surface area contributed by atoms with Crippen molar-refractivity contribution in [2.24, 2.45) is 11.8 Å². The van der Waals surface area contributed by atoms with Crippen LogP contribution in [0.15, 0.2) is 78.9 Å². The lowest BCUT2D eigenvalue weighted by Gasteiger charge is -2.62. The SMILES string of the molecule is CCOC(=O)[C@]1(OC(=S)Oc2ccccc2)C[C@@H]2[C@H]3CCC[C@@]2(c2ccc(OC)cc2C3)N(Cc2ccccc2)C1=O. The quantitative estimate of drug-likeness (QED) is 0.192. The predicted molar refractivity (Wildman–Crippen MR) is 161 cm³/mol. The van der Waals surface area contributed by atoms with Crippen molar-refractivity contribution in [1.29, 1.82) is 0 Å². The Kier molecular flexibility index (Phi) is 7.66. The monoisotopic (exact) mass is 585 g/mol. The van der Waals surface area contributed by atoms with Gasteiger partial charge in [0.1, 0.15) is 11.5 Å². The first-order chi connectivity index (χ1) is 20.4. The Morgan fingerprint density at radius 2 is 1.76 bits per heavy atom. The van der Waals surface area contributed by atoms with E-state index in [4.69, 9.17) is 31.2 Å². The molecule has 0 radical (unpaired) electrons. The Balaban J connectivity index is 1.49. The molecule has 0 unspecified atom stereocenters. The number of nitrogens with zero attached hydrogens (tertiary/aromatic N) is 1. The number of hydrogen-bond donors (Lipinski definition) is 0. The van der Waals surface area contributed by atoms with Gasteiger partial charge in [0.15, 0.2) is 0 Å². The van der Waals surface area contributed by atoms with Crippen LogP contribution in [0.1, 0.15) is 49.3 Å². The molecule has 0 N–H and O–H groups in total. The fraction of sp³-hybridized carbons (Fsp3) is 0.382. The van der Waals surface area contributed by atoms with Crippen LogP contribution in [0.5, 0.6) is 11.5 Å². The summed E-state index contributed by atoms with van der Waals surface area (Å²) in [5, 5.41) is -0.288. The number of amides is 1. The minimum atomic E-state index is -1.97. The number of carbonyl (C=O) groups excluding carboxylic acids is 2. The molecule has 2 bridgehead atoms. The zero-order valence-corrected chi connectivity index (χ0v) is 24.7. The number of carbonyl (C=O) groups is 2. The van der Waals surface area contributed by atoms with E-state index in [0.717, 1.165) is 42.6 Å². The van der Waals surface area contributed by atoms with E-state index in [1.54, 1.807) is 26.2 Å². The van der Waals surface area contributed by atoms with Crippen molar-refractivity contribution in [1.82, 2.24) is 4.90 Å². The van der Waals surface area contributed by atoms with E-state index < -0.39 is 23.0 Å². The Morgan fingerprint density at radius 1 is 1.02 bits per heavy atom. The van der Waals surface area contributed by atoms with Gasteiger partial charge in [-0.15, -0.1) is 0 Å². The van der Waals surface area contributed by atoms with Gasteiger partial charge in [0.2, 0.25) is 0 Å². The lowest BCUT2D eigenvalue weighted by Crippen LogP contribution is -2.72. The molecule has 2 fully saturated rings. The van der Waals surface area contributed by atoms with Crippen LogP contribution in [0.25, 0.3) is 0 Å². The molecule has 1 heterocycles. The third-order valence-electron chi connectivity index (χ3n) is 9.15. The molecule has 1 amide bonds. The molecule has 1 saturated carbocycles. The number of likely N-dealkylation sites (tertiary alicyclic amines) is 1. The van der Waals surface area contributed by atoms with Gasteiger partial charge < -0.3 is 23.8 Å². The number of para-hydroxylation sites is 1. The first kappa shape index (κ1) is 28.2. The van der Waals surface area contributed by atoms with Gasteiger partial charge in [0.05, 0.1) is 19.3 Å². The van der Waals surface area contributed by atoms with Crippen molar-refractivity contribution >= 4 is 29.3 Å². The van der Waals surface area contributed by atoms with E-state index in [9.17, 15) is 9.59 Å². The molecular weight excluding hydrogens is 550 g/mol. The van der Waals surface area contributed by atoms with Crippen LogP contribution in [0.4, 0.5) is 0 Å². The second-order valence-electron chi connectivity index (χ2n) is 11.3. The van der Waals surface area contributed by atoms with Crippen molar-refractivity contribution in [3.8, 4) is 11.5 Å². The summed E-state index contributed by atoms with van der Waals surface area (Å²) in [5.74, 6) is 0.235. The number of esters is 1. The average molecular weight is 586 g/mol. The highest BCUT2D eigenvalue weighted by atomic mass is 32.1. The van der Waals surface area contributed by atoms with Crippen LogP contribution >= 0.6 is 12.2 Å². The van der Waals surface area contributed by atoms with Crippen LogP contribution in [-0.4, -0.2) is 41.3 Å². The van der Waals surface area contributed by atoms with Crippen LogP contribution in [0.2, 0.25) is 0 Å². The number of fused-ring (bicyclic) bond motifs is 1. The summed E-state index contributed by atoms with van der Waals surface area (Å²) in [6, 6.07) is 25.0. The maximum Gasteiger partial charge on any atom is 0.360 e. The number of hydrogen-bond acceptors (Lipinski definition) is 7. The summed E-state index contributed by atoms with van der Waals surface area (Å²) in [6.45, 7) is 2.13. The van der Waals surface area contributed by atoms with Crippen LogP contribution < -0.4 is 9.47 Å². The Labute approximate surface area is 251 Å². The maximum absolute atomic E-state index is 15.0. The summed E-state index contributed by atoms with van der Waals surface area (Å²) >= 11 is 5.51.